The Labute approximate surface area is 119 Å². The topological polar surface area (TPSA) is 76.4 Å². The number of hydrogen-bond donors (Lipinski definition) is 3. The predicted octanol–water partition coefficient (Wildman–Crippen LogP) is 2.74. The number of nitrogens with one attached hydrogen (secondary N) is 2. The third-order valence-electron chi connectivity index (χ3n) is 3.18. The maximum absolute atomic E-state index is 11.6. The van der Waals surface area contributed by atoms with E-state index in [-0.39, 0.29) is 12.1 Å². The van der Waals surface area contributed by atoms with Crippen LogP contribution in [0.15, 0.2) is 24.3 Å². The van der Waals surface area contributed by atoms with Crippen molar-refractivity contribution in [3.63, 3.8) is 0 Å². The van der Waals surface area contributed by atoms with Crippen LogP contribution in [0, 0.1) is 0 Å². The normalized spacial score (nSPS) is 21.8. The molecule has 5 nitrogen and oxygen atoms in total. The standard InChI is InChI=1S/C15H23N3O2/c1-15(2,3)20-14(19)18-11-8-10(9-11)17-13-7-5-4-6-12(13)16/h4-7,10-11,17H,8-9,16H2,1-3H3,(H,18,19). The van der Waals surface area contributed by atoms with Gasteiger partial charge in [-0.2, -0.15) is 0 Å². The summed E-state index contributed by atoms with van der Waals surface area (Å²) in [6.07, 6.45) is 1.42. The second kappa shape index (κ2) is 5.61. The fourth-order valence-electron chi connectivity index (χ4n) is 2.18. The van der Waals surface area contributed by atoms with Crippen LogP contribution in [0.4, 0.5) is 16.2 Å². The number of alkyl carbamates (subject to hydrolysis) is 1. The van der Waals surface area contributed by atoms with Crippen LogP contribution >= 0.6 is 0 Å². The first kappa shape index (κ1) is 14.5. The molecule has 1 aromatic carbocycles. The monoisotopic (exact) mass is 277 g/mol. The van der Waals surface area contributed by atoms with Gasteiger partial charge in [-0.25, -0.2) is 4.79 Å². The van der Waals surface area contributed by atoms with E-state index in [0.29, 0.717) is 6.04 Å². The van der Waals surface area contributed by atoms with Gasteiger partial charge in [0, 0.05) is 12.1 Å². The van der Waals surface area contributed by atoms with E-state index in [1.165, 1.54) is 0 Å². The van der Waals surface area contributed by atoms with Crippen LogP contribution in [0.1, 0.15) is 33.6 Å². The number of amides is 1. The van der Waals surface area contributed by atoms with E-state index in [1.54, 1.807) is 0 Å². The molecule has 0 heterocycles. The zero-order valence-electron chi connectivity index (χ0n) is 12.3. The molecular formula is C15H23N3O2. The lowest BCUT2D eigenvalue weighted by atomic mass is 9.86. The van der Waals surface area contributed by atoms with Crippen molar-refractivity contribution in [2.45, 2.75) is 51.3 Å². The van der Waals surface area contributed by atoms with Gasteiger partial charge in [-0.05, 0) is 45.7 Å². The van der Waals surface area contributed by atoms with E-state index in [2.05, 4.69) is 10.6 Å². The van der Waals surface area contributed by atoms with Crippen molar-refractivity contribution in [2.75, 3.05) is 11.1 Å². The highest BCUT2D eigenvalue weighted by Gasteiger charge is 2.31. The summed E-state index contributed by atoms with van der Waals surface area (Å²) in [6, 6.07) is 8.22. The van der Waals surface area contributed by atoms with Gasteiger partial charge in [0.2, 0.25) is 0 Å². The third-order valence-corrected chi connectivity index (χ3v) is 3.18. The molecule has 1 aliphatic carbocycles. The van der Waals surface area contributed by atoms with Gasteiger partial charge in [0.05, 0.1) is 11.4 Å². The molecule has 0 spiro atoms. The number of ether oxygens (including phenoxy) is 1. The molecule has 5 heteroatoms. The number of benzene rings is 1. The van der Waals surface area contributed by atoms with E-state index in [9.17, 15) is 4.79 Å². The number of hydrogen-bond acceptors (Lipinski definition) is 4. The molecule has 110 valence electrons. The molecule has 4 N–H and O–H groups in total. The summed E-state index contributed by atoms with van der Waals surface area (Å²) < 4.78 is 5.23. The number of carbonyl (C=O) groups excluding carboxylic acids is 1. The maximum atomic E-state index is 11.6. The van der Waals surface area contributed by atoms with E-state index in [0.717, 1.165) is 24.2 Å². The first-order valence-electron chi connectivity index (χ1n) is 6.94. The van der Waals surface area contributed by atoms with Crippen LogP contribution < -0.4 is 16.4 Å². The first-order valence-corrected chi connectivity index (χ1v) is 6.94. The Bertz CT molecular complexity index is 476. The minimum atomic E-state index is -0.454. The minimum absolute atomic E-state index is 0.173. The summed E-state index contributed by atoms with van der Waals surface area (Å²) in [5.41, 5.74) is 7.12. The number of rotatable bonds is 3. The van der Waals surface area contributed by atoms with Crippen LogP contribution in [0.2, 0.25) is 0 Å². The van der Waals surface area contributed by atoms with Gasteiger partial charge in [0.25, 0.3) is 0 Å². The number of nitrogen functional groups attached to an aromatic ring is 1. The minimum Gasteiger partial charge on any atom is -0.444 e. The third kappa shape index (κ3) is 4.05. The van der Waals surface area contributed by atoms with Crippen molar-refractivity contribution in [2.24, 2.45) is 0 Å². The van der Waals surface area contributed by atoms with Gasteiger partial charge in [0.15, 0.2) is 0 Å². The fraction of sp³-hybridized carbons (Fsp3) is 0.533. The summed E-state index contributed by atoms with van der Waals surface area (Å²) in [7, 11) is 0. The Morgan fingerprint density at radius 2 is 1.90 bits per heavy atom. The SMILES string of the molecule is CC(C)(C)OC(=O)NC1CC(Nc2ccccc2N)C1. The Morgan fingerprint density at radius 1 is 1.25 bits per heavy atom. The second-order valence-corrected chi connectivity index (χ2v) is 6.24. The van der Waals surface area contributed by atoms with E-state index < -0.39 is 5.60 Å². The van der Waals surface area contributed by atoms with E-state index in [4.69, 9.17) is 10.5 Å². The average Bonchev–Trinajstić information content (AvgIpc) is 2.26. The Kier molecular flexibility index (Phi) is 4.06. The van der Waals surface area contributed by atoms with Gasteiger partial charge in [0.1, 0.15) is 5.60 Å². The van der Waals surface area contributed by atoms with Crippen LogP contribution in [0.3, 0.4) is 0 Å². The second-order valence-electron chi connectivity index (χ2n) is 6.24. The lowest BCUT2D eigenvalue weighted by Crippen LogP contribution is -2.50. The summed E-state index contributed by atoms with van der Waals surface area (Å²) in [5.74, 6) is 0. The number of para-hydroxylation sites is 2. The molecular weight excluding hydrogens is 254 g/mol. The zero-order valence-corrected chi connectivity index (χ0v) is 12.3. The summed E-state index contributed by atoms with van der Waals surface area (Å²) in [5, 5.41) is 6.25. The molecule has 1 amide bonds. The molecule has 2 rings (SSSR count). The summed E-state index contributed by atoms with van der Waals surface area (Å²) >= 11 is 0. The van der Waals surface area contributed by atoms with Crippen molar-refractivity contribution in [1.29, 1.82) is 0 Å². The first-order chi connectivity index (χ1) is 9.33. The van der Waals surface area contributed by atoms with Crippen LogP contribution in [0.25, 0.3) is 0 Å². The van der Waals surface area contributed by atoms with Crippen molar-refractivity contribution in [3.05, 3.63) is 24.3 Å². The molecule has 0 radical (unpaired) electrons. The number of anilines is 2. The molecule has 1 saturated carbocycles. The van der Waals surface area contributed by atoms with Gasteiger partial charge in [-0.1, -0.05) is 12.1 Å². The lowest BCUT2D eigenvalue weighted by molar-refractivity contribution is 0.0475. The molecule has 0 unspecified atom stereocenters. The maximum Gasteiger partial charge on any atom is 0.407 e. The lowest BCUT2D eigenvalue weighted by Gasteiger charge is -2.37. The Morgan fingerprint density at radius 3 is 2.50 bits per heavy atom. The Hall–Kier alpha value is -1.91. The molecule has 1 fully saturated rings. The van der Waals surface area contributed by atoms with Crippen molar-refractivity contribution in [3.8, 4) is 0 Å². The molecule has 0 atom stereocenters. The van der Waals surface area contributed by atoms with E-state index in [1.807, 2.05) is 45.0 Å². The molecule has 0 saturated heterocycles. The highest BCUT2D eigenvalue weighted by Crippen LogP contribution is 2.27. The van der Waals surface area contributed by atoms with Gasteiger partial charge < -0.3 is 21.1 Å². The van der Waals surface area contributed by atoms with Gasteiger partial charge in [-0.3, -0.25) is 0 Å². The molecule has 0 aliphatic heterocycles. The van der Waals surface area contributed by atoms with Crippen molar-refractivity contribution < 1.29 is 9.53 Å². The quantitative estimate of drug-likeness (QED) is 0.742. The molecule has 1 aromatic rings. The van der Waals surface area contributed by atoms with Crippen molar-refractivity contribution >= 4 is 17.5 Å². The van der Waals surface area contributed by atoms with Gasteiger partial charge >= 0.3 is 6.09 Å². The predicted molar refractivity (Wildman–Crippen MR) is 80.7 cm³/mol. The summed E-state index contributed by atoms with van der Waals surface area (Å²) in [6.45, 7) is 5.57. The Balaban J connectivity index is 1.73. The molecule has 1 aliphatic rings. The zero-order chi connectivity index (χ0) is 14.8. The van der Waals surface area contributed by atoms with Crippen LogP contribution in [-0.4, -0.2) is 23.8 Å². The molecule has 0 bridgehead atoms. The van der Waals surface area contributed by atoms with Crippen LogP contribution in [-0.2, 0) is 4.74 Å². The highest BCUT2D eigenvalue weighted by atomic mass is 16.6. The molecule has 0 aromatic heterocycles. The fourth-order valence-corrected chi connectivity index (χ4v) is 2.18. The number of carbonyl (C=O) groups is 1. The van der Waals surface area contributed by atoms with Crippen LogP contribution in [0.5, 0.6) is 0 Å². The average molecular weight is 277 g/mol. The van der Waals surface area contributed by atoms with E-state index >= 15 is 0 Å². The van der Waals surface area contributed by atoms with Crippen molar-refractivity contribution in [1.82, 2.24) is 5.32 Å². The van der Waals surface area contributed by atoms with Gasteiger partial charge in [-0.15, -0.1) is 0 Å². The molecule has 20 heavy (non-hydrogen) atoms. The number of nitrogens with two attached hydrogens (primary N) is 1. The highest BCUT2D eigenvalue weighted by molar-refractivity contribution is 5.69. The largest absolute Gasteiger partial charge is 0.444 e. The summed E-state index contributed by atoms with van der Waals surface area (Å²) in [4.78, 5) is 11.6. The smallest absolute Gasteiger partial charge is 0.407 e.